The number of hydrogen-bond acceptors (Lipinski definition) is 1. The summed E-state index contributed by atoms with van der Waals surface area (Å²) >= 11 is 0. The molecule has 1 aromatic carbocycles. The average Bonchev–Trinajstić information content (AvgIpc) is 2.36. The topological polar surface area (TPSA) is 23.8 Å². The third-order valence-corrected chi connectivity index (χ3v) is 7.17. The van der Waals surface area contributed by atoms with Crippen LogP contribution >= 0.6 is 0 Å². The first-order valence-corrected chi connectivity index (χ1v) is 8.67. The summed E-state index contributed by atoms with van der Waals surface area (Å²) < 4.78 is 0. The van der Waals surface area contributed by atoms with Gasteiger partial charge in [-0.3, -0.25) is 0 Å². The van der Waals surface area contributed by atoms with Crippen molar-refractivity contribution in [2.75, 3.05) is 0 Å². The zero-order valence-corrected chi connectivity index (χ0v) is 10.7. The molecule has 0 saturated carbocycles. The molecule has 0 radical (unpaired) electrons. The van der Waals surface area contributed by atoms with Gasteiger partial charge < -0.3 is 0 Å². The predicted octanol–water partition coefficient (Wildman–Crippen LogP) is 2.79. The van der Waals surface area contributed by atoms with Gasteiger partial charge in [-0.05, 0) is 11.6 Å². The van der Waals surface area contributed by atoms with Gasteiger partial charge in [0.2, 0.25) is 0 Å². The van der Waals surface area contributed by atoms with Gasteiger partial charge in [0, 0.05) is 11.8 Å². The highest BCUT2D eigenvalue weighted by Crippen LogP contribution is 2.41. The SMILES string of the molecule is CC1(CC#N)C[Si](C)(C)c2ccccc21. The molecule has 0 saturated heterocycles. The predicted molar refractivity (Wildman–Crippen MR) is 65.9 cm³/mol. The maximum absolute atomic E-state index is 8.95. The average molecular weight is 215 g/mol. The van der Waals surface area contributed by atoms with Crippen LogP contribution in [0.3, 0.4) is 0 Å². The van der Waals surface area contributed by atoms with Crippen molar-refractivity contribution in [3.8, 4) is 6.07 Å². The molecule has 78 valence electrons. The number of benzene rings is 1. The van der Waals surface area contributed by atoms with E-state index in [-0.39, 0.29) is 5.41 Å². The van der Waals surface area contributed by atoms with E-state index in [0.29, 0.717) is 6.42 Å². The second-order valence-electron chi connectivity index (χ2n) is 5.50. The van der Waals surface area contributed by atoms with Gasteiger partial charge in [0.05, 0.1) is 14.1 Å². The maximum atomic E-state index is 8.95. The molecule has 0 amide bonds. The van der Waals surface area contributed by atoms with Crippen LogP contribution in [0.4, 0.5) is 0 Å². The fourth-order valence-corrected chi connectivity index (χ4v) is 7.22. The van der Waals surface area contributed by atoms with Gasteiger partial charge >= 0.3 is 0 Å². The first kappa shape index (κ1) is 10.4. The van der Waals surface area contributed by atoms with Crippen LogP contribution in [0, 0.1) is 11.3 Å². The molecule has 0 bridgehead atoms. The maximum Gasteiger partial charge on any atom is 0.0819 e. The molecule has 15 heavy (non-hydrogen) atoms. The molecule has 1 heterocycles. The van der Waals surface area contributed by atoms with Crippen LogP contribution < -0.4 is 5.19 Å². The van der Waals surface area contributed by atoms with Crippen LogP contribution in [-0.2, 0) is 5.41 Å². The van der Waals surface area contributed by atoms with Gasteiger partial charge in [-0.1, -0.05) is 49.5 Å². The van der Waals surface area contributed by atoms with Gasteiger partial charge in [-0.25, -0.2) is 0 Å². The summed E-state index contributed by atoms with van der Waals surface area (Å²) in [5, 5.41) is 10.5. The summed E-state index contributed by atoms with van der Waals surface area (Å²) in [6.45, 7) is 7.07. The van der Waals surface area contributed by atoms with E-state index in [1.54, 1.807) is 5.19 Å². The lowest BCUT2D eigenvalue weighted by atomic mass is 9.82. The van der Waals surface area contributed by atoms with Crippen molar-refractivity contribution < 1.29 is 0 Å². The first-order chi connectivity index (χ1) is 6.99. The van der Waals surface area contributed by atoms with Crippen molar-refractivity contribution in [3.63, 3.8) is 0 Å². The molecule has 1 atom stereocenters. The number of hydrogen-bond donors (Lipinski definition) is 0. The minimum atomic E-state index is -1.28. The summed E-state index contributed by atoms with van der Waals surface area (Å²) in [7, 11) is -1.28. The normalized spacial score (nSPS) is 27.1. The van der Waals surface area contributed by atoms with E-state index in [0.717, 1.165) is 0 Å². The number of nitriles is 1. The molecule has 0 aliphatic carbocycles. The molecule has 1 aliphatic heterocycles. The fourth-order valence-electron chi connectivity index (χ4n) is 3.10. The molecule has 1 aromatic rings. The molecule has 2 heteroatoms. The molecule has 1 unspecified atom stereocenters. The molecule has 0 N–H and O–H groups in total. The molecule has 0 spiro atoms. The third kappa shape index (κ3) is 1.51. The summed E-state index contributed by atoms with van der Waals surface area (Å²) in [6.07, 6.45) is 0.653. The molecule has 0 aromatic heterocycles. The molecule has 0 fully saturated rings. The Kier molecular flexibility index (Phi) is 2.24. The first-order valence-electron chi connectivity index (χ1n) is 5.47. The Morgan fingerprint density at radius 2 is 2.07 bits per heavy atom. The lowest BCUT2D eigenvalue weighted by molar-refractivity contribution is 0.548. The largest absolute Gasteiger partial charge is 0.198 e. The minimum Gasteiger partial charge on any atom is -0.198 e. The number of fused-ring (bicyclic) bond motifs is 1. The van der Waals surface area contributed by atoms with Crippen LogP contribution in [0.15, 0.2) is 24.3 Å². The van der Waals surface area contributed by atoms with Crippen molar-refractivity contribution in [3.05, 3.63) is 29.8 Å². The van der Waals surface area contributed by atoms with Gasteiger partial charge in [-0.2, -0.15) is 5.26 Å². The van der Waals surface area contributed by atoms with Crippen LogP contribution in [0.2, 0.25) is 19.1 Å². The van der Waals surface area contributed by atoms with Crippen molar-refractivity contribution in [2.24, 2.45) is 0 Å². The lowest BCUT2D eigenvalue weighted by Gasteiger charge is -2.23. The van der Waals surface area contributed by atoms with Crippen LogP contribution in [-0.4, -0.2) is 8.07 Å². The van der Waals surface area contributed by atoms with E-state index in [9.17, 15) is 0 Å². The second kappa shape index (κ2) is 3.21. The van der Waals surface area contributed by atoms with Crippen molar-refractivity contribution >= 4 is 13.3 Å². The summed E-state index contributed by atoms with van der Waals surface area (Å²) in [5.74, 6) is 0. The Hall–Kier alpha value is -1.07. The smallest absolute Gasteiger partial charge is 0.0819 e. The molecular weight excluding hydrogens is 198 g/mol. The summed E-state index contributed by atoms with van der Waals surface area (Å²) in [6, 6.07) is 12.3. The highest BCUT2D eigenvalue weighted by atomic mass is 28.3. The zero-order valence-electron chi connectivity index (χ0n) is 9.67. The van der Waals surface area contributed by atoms with Crippen molar-refractivity contribution in [2.45, 2.75) is 37.9 Å². The Morgan fingerprint density at radius 1 is 1.40 bits per heavy atom. The van der Waals surface area contributed by atoms with Gasteiger partial charge in [0.25, 0.3) is 0 Å². The van der Waals surface area contributed by atoms with Crippen molar-refractivity contribution in [1.29, 1.82) is 5.26 Å². The van der Waals surface area contributed by atoms with E-state index in [1.807, 2.05) is 0 Å². The van der Waals surface area contributed by atoms with E-state index in [2.05, 4.69) is 50.4 Å². The Bertz CT molecular complexity index is 430. The van der Waals surface area contributed by atoms with Gasteiger partial charge in [-0.15, -0.1) is 0 Å². The molecule has 2 rings (SSSR count). The Morgan fingerprint density at radius 3 is 2.73 bits per heavy atom. The van der Waals surface area contributed by atoms with Crippen LogP contribution in [0.25, 0.3) is 0 Å². The highest BCUT2D eigenvalue weighted by molar-refractivity contribution is 6.91. The van der Waals surface area contributed by atoms with E-state index >= 15 is 0 Å². The van der Waals surface area contributed by atoms with Crippen molar-refractivity contribution in [1.82, 2.24) is 0 Å². The highest BCUT2D eigenvalue weighted by Gasteiger charge is 2.45. The van der Waals surface area contributed by atoms with E-state index in [4.69, 9.17) is 5.26 Å². The summed E-state index contributed by atoms with van der Waals surface area (Å²) in [4.78, 5) is 0. The van der Waals surface area contributed by atoms with Gasteiger partial charge in [0.15, 0.2) is 0 Å². The zero-order chi connectivity index (χ0) is 11.1. The molecule has 1 aliphatic rings. The Labute approximate surface area is 92.8 Å². The second-order valence-corrected chi connectivity index (χ2v) is 10.2. The van der Waals surface area contributed by atoms with Gasteiger partial charge in [0.1, 0.15) is 0 Å². The fraction of sp³-hybridized carbons (Fsp3) is 0.462. The van der Waals surface area contributed by atoms with E-state index in [1.165, 1.54) is 11.6 Å². The van der Waals surface area contributed by atoms with Crippen LogP contribution in [0.1, 0.15) is 18.9 Å². The third-order valence-electron chi connectivity index (χ3n) is 3.61. The molecule has 1 nitrogen and oxygen atoms in total. The standard InChI is InChI=1S/C13H17NSi/c1-13(8-9-14)10-15(2,3)12-7-5-4-6-11(12)13/h4-7H,8,10H2,1-3H3. The van der Waals surface area contributed by atoms with E-state index < -0.39 is 8.07 Å². The summed E-state index contributed by atoms with van der Waals surface area (Å²) in [5.41, 5.74) is 1.55. The molecular formula is C13H17NSi. The lowest BCUT2D eigenvalue weighted by Crippen LogP contribution is -2.37. The minimum absolute atomic E-state index is 0.112. The monoisotopic (exact) mass is 215 g/mol. The number of nitrogens with zero attached hydrogens (tertiary/aromatic N) is 1. The number of rotatable bonds is 1. The Balaban J connectivity index is 2.57. The quantitative estimate of drug-likeness (QED) is 0.661. The van der Waals surface area contributed by atoms with Crippen LogP contribution in [0.5, 0.6) is 0 Å².